The van der Waals surface area contributed by atoms with E-state index in [2.05, 4.69) is 41.5 Å². The van der Waals surface area contributed by atoms with Crippen molar-refractivity contribution in [1.82, 2.24) is 19.2 Å². The van der Waals surface area contributed by atoms with E-state index < -0.39 is 10.0 Å². The van der Waals surface area contributed by atoms with Crippen molar-refractivity contribution in [2.75, 3.05) is 0 Å². The van der Waals surface area contributed by atoms with Crippen LogP contribution >= 0.6 is 0 Å². The maximum atomic E-state index is 13.7. The van der Waals surface area contributed by atoms with E-state index in [0.29, 0.717) is 6.04 Å². The van der Waals surface area contributed by atoms with Crippen molar-refractivity contribution >= 4 is 10.0 Å². The zero-order valence-electron chi connectivity index (χ0n) is 16.5. The highest BCUT2D eigenvalue weighted by molar-refractivity contribution is 7.89. The topological polar surface area (TPSA) is 67.2 Å². The third-order valence-corrected chi connectivity index (χ3v) is 9.03. The van der Waals surface area contributed by atoms with Crippen LogP contribution in [0.3, 0.4) is 0 Å². The van der Waals surface area contributed by atoms with Crippen LogP contribution in [-0.2, 0) is 23.5 Å². The van der Waals surface area contributed by atoms with Gasteiger partial charge in [0.1, 0.15) is 0 Å². The molecule has 7 heteroatoms. The normalized spacial score (nSPS) is 35.2. The smallest absolute Gasteiger partial charge is 0.262 e. The van der Waals surface area contributed by atoms with Gasteiger partial charge in [-0.05, 0) is 31.2 Å². The van der Waals surface area contributed by atoms with Gasteiger partial charge in [-0.25, -0.2) is 13.4 Å². The summed E-state index contributed by atoms with van der Waals surface area (Å²) in [4.78, 5) is 4.20. The molecule has 5 atom stereocenters. The van der Waals surface area contributed by atoms with Gasteiger partial charge in [0.05, 0.1) is 6.33 Å². The quantitative estimate of drug-likeness (QED) is 0.855. The number of hydrogen-bond acceptors (Lipinski definition) is 4. The van der Waals surface area contributed by atoms with Gasteiger partial charge in [-0.1, -0.05) is 43.7 Å². The Morgan fingerprint density at radius 2 is 2.04 bits per heavy atom. The Kier molecular flexibility index (Phi) is 4.19. The fraction of sp³-hybridized carbons (Fsp3) is 0.571. The van der Waals surface area contributed by atoms with Gasteiger partial charge >= 0.3 is 0 Å². The molecule has 1 aromatic heterocycles. The number of nitrogens with one attached hydrogen (secondary N) is 1. The predicted octanol–water partition coefficient (Wildman–Crippen LogP) is 2.32. The van der Waals surface area contributed by atoms with Gasteiger partial charge in [0.15, 0.2) is 5.03 Å². The average Bonchev–Trinajstić information content (AvgIpc) is 3.24. The van der Waals surface area contributed by atoms with Crippen LogP contribution in [0, 0.1) is 5.41 Å². The molecule has 2 aliphatic heterocycles. The van der Waals surface area contributed by atoms with Gasteiger partial charge in [-0.3, -0.25) is 0 Å². The first-order chi connectivity index (χ1) is 13.4. The Morgan fingerprint density at radius 1 is 1.25 bits per heavy atom. The number of aromatic nitrogens is 2. The molecule has 1 saturated carbocycles. The summed E-state index contributed by atoms with van der Waals surface area (Å²) in [5.41, 5.74) is 1.25. The number of hydrogen-bond donors (Lipinski definition) is 1. The van der Waals surface area contributed by atoms with Gasteiger partial charge in [0.2, 0.25) is 0 Å². The van der Waals surface area contributed by atoms with Crippen LogP contribution in [0.2, 0.25) is 0 Å². The summed E-state index contributed by atoms with van der Waals surface area (Å²) < 4.78 is 30.9. The molecule has 5 rings (SSSR count). The SMILES string of the molecule is Cn1cnc(S(=O)(=O)N2[C@H]3CCC[C@H]4N[C@H](Cc5ccccc5)[C@@H]2C[C@@]34C)c1. The molecule has 28 heavy (non-hydrogen) atoms. The Bertz CT molecular complexity index is 973. The van der Waals surface area contributed by atoms with E-state index in [-0.39, 0.29) is 28.6 Å². The monoisotopic (exact) mass is 400 g/mol. The zero-order chi connectivity index (χ0) is 19.5. The van der Waals surface area contributed by atoms with Gasteiger partial charge in [0, 0.05) is 42.8 Å². The van der Waals surface area contributed by atoms with Crippen LogP contribution in [0.15, 0.2) is 47.9 Å². The maximum absolute atomic E-state index is 13.7. The number of aryl methyl sites for hydroxylation is 1. The molecule has 0 amide bonds. The van der Waals surface area contributed by atoms with Crippen molar-refractivity contribution in [2.45, 2.75) is 68.2 Å². The van der Waals surface area contributed by atoms with E-state index in [0.717, 1.165) is 32.1 Å². The average molecular weight is 401 g/mol. The van der Waals surface area contributed by atoms with Crippen LogP contribution in [0.25, 0.3) is 0 Å². The molecule has 3 fully saturated rings. The molecule has 3 heterocycles. The van der Waals surface area contributed by atoms with Gasteiger partial charge in [0.25, 0.3) is 10.0 Å². The predicted molar refractivity (Wildman–Crippen MR) is 107 cm³/mol. The Morgan fingerprint density at radius 3 is 2.75 bits per heavy atom. The number of nitrogens with zero attached hydrogens (tertiary/aromatic N) is 3. The molecule has 2 bridgehead atoms. The fourth-order valence-electron chi connectivity index (χ4n) is 5.88. The highest BCUT2D eigenvalue weighted by Gasteiger charge is 2.63. The van der Waals surface area contributed by atoms with Crippen molar-refractivity contribution in [3.63, 3.8) is 0 Å². The van der Waals surface area contributed by atoms with E-state index >= 15 is 0 Å². The van der Waals surface area contributed by atoms with Crippen LogP contribution in [-0.4, -0.2) is 46.4 Å². The van der Waals surface area contributed by atoms with Crippen molar-refractivity contribution in [3.05, 3.63) is 48.4 Å². The molecule has 0 spiro atoms. The lowest BCUT2D eigenvalue weighted by Gasteiger charge is -2.47. The molecular formula is C21H28N4O2S. The number of benzene rings is 1. The summed E-state index contributed by atoms with van der Waals surface area (Å²) >= 11 is 0. The van der Waals surface area contributed by atoms with E-state index in [1.165, 1.54) is 5.56 Å². The summed E-state index contributed by atoms with van der Waals surface area (Å²) in [6.45, 7) is 2.29. The molecule has 1 N–H and O–H groups in total. The zero-order valence-corrected chi connectivity index (χ0v) is 17.3. The minimum absolute atomic E-state index is 0.00203. The minimum atomic E-state index is -3.62. The number of rotatable bonds is 4. The van der Waals surface area contributed by atoms with Crippen molar-refractivity contribution in [1.29, 1.82) is 0 Å². The van der Waals surface area contributed by atoms with Gasteiger partial charge < -0.3 is 9.88 Å². The molecule has 6 nitrogen and oxygen atoms in total. The van der Waals surface area contributed by atoms with Crippen LogP contribution in [0.5, 0.6) is 0 Å². The molecule has 0 radical (unpaired) electrons. The summed E-state index contributed by atoms with van der Waals surface area (Å²) in [7, 11) is -1.81. The van der Waals surface area contributed by atoms with Crippen molar-refractivity contribution < 1.29 is 8.42 Å². The highest BCUT2D eigenvalue weighted by atomic mass is 32.2. The standard InChI is InChI=1S/C21H28N4O2S/c1-21-12-17-16(11-15-7-4-3-5-8-15)23-18(21)9-6-10-19(21)25(17)28(26,27)20-13-24(2)14-22-20/h3-5,7-8,13-14,16-19,23H,6,9-12H2,1-2H3/t16-,17+,18-,19+,21-/m1/s1. The summed E-state index contributed by atoms with van der Waals surface area (Å²) in [5.74, 6) is 0. The van der Waals surface area contributed by atoms with E-state index in [9.17, 15) is 8.42 Å². The maximum Gasteiger partial charge on any atom is 0.262 e. The van der Waals surface area contributed by atoms with Crippen molar-refractivity contribution in [3.8, 4) is 0 Å². The lowest BCUT2D eigenvalue weighted by atomic mass is 9.65. The lowest BCUT2D eigenvalue weighted by Crippen LogP contribution is -2.58. The third kappa shape index (κ3) is 2.67. The second kappa shape index (κ2) is 6.40. The molecule has 2 aromatic rings. The number of piperidine rings is 1. The van der Waals surface area contributed by atoms with Crippen LogP contribution in [0.1, 0.15) is 38.2 Å². The molecule has 1 aliphatic carbocycles. The molecule has 150 valence electrons. The van der Waals surface area contributed by atoms with E-state index in [1.54, 1.807) is 17.1 Å². The second-order valence-electron chi connectivity index (χ2n) is 8.95. The van der Waals surface area contributed by atoms with E-state index in [4.69, 9.17) is 0 Å². The first-order valence-corrected chi connectivity index (χ1v) is 11.6. The first-order valence-electron chi connectivity index (χ1n) is 10.2. The lowest BCUT2D eigenvalue weighted by molar-refractivity contribution is 0.100. The minimum Gasteiger partial charge on any atom is -0.339 e. The van der Waals surface area contributed by atoms with Crippen LogP contribution in [0.4, 0.5) is 0 Å². The molecule has 0 unspecified atom stereocenters. The molecule has 2 saturated heterocycles. The Labute approximate surface area is 167 Å². The summed E-state index contributed by atoms with van der Waals surface area (Å²) in [5, 5.41) is 4.04. The number of sulfonamides is 1. The Hall–Kier alpha value is -1.70. The number of fused-ring (bicyclic) bond motifs is 1. The van der Waals surface area contributed by atoms with Gasteiger partial charge in [-0.2, -0.15) is 4.31 Å². The summed E-state index contributed by atoms with van der Waals surface area (Å²) in [6, 6.07) is 10.9. The largest absolute Gasteiger partial charge is 0.339 e. The molecule has 3 aliphatic rings. The van der Waals surface area contributed by atoms with Crippen LogP contribution < -0.4 is 5.32 Å². The fourth-order valence-corrected chi connectivity index (χ4v) is 7.83. The van der Waals surface area contributed by atoms with E-state index in [1.807, 2.05) is 17.4 Å². The van der Waals surface area contributed by atoms with Crippen molar-refractivity contribution in [2.24, 2.45) is 12.5 Å². The third-order valence-electron chi connectivity index (χ3n) is 7.21. The molecule has 1 aromatic carbocycles. The Balaban J connectivity index is 1.56. The first kappa shape index (κ1) is 18.3. The molecular weight excluding hydrogens is 372 g/mol. The summed E-state index contributed by atoms with van der Waals surface area (Å²) in [6.07, 6.45) is 8.10. The number of imidazole rings is 1. The second-order valence-corrected chi connectivity index (χ2v) is 10.7. The van der Waals surface area contributed by atoms with Gasteiger partial charge in [-0.15, -0.1) is 0 Å². The highest BCUT2D eigenvalue weighted by Crippen LogP contribution is 2.54.